The Kier molecular flexibility index (Phi) is 5.56. The van der Waals surface area contributed by atoms with Crippen molar-refractivity contribution in [2.45, 2.75) is 32.2 Å². The highest BCUT2D eigenvalue weighted by molar-refractivity contribution is 6.09. The van der Waals surface area contributed by atoms with Crippen LogP contribution < -0.4 is 15.2 Å². The van der Waals surface area contributed by atoms with Gasteiger partial charge in [0.25, 0.3) is 0 Å². The van der Waals surface area contributed by atoms with Crippen molar-refractivity contribution in [2.75, 3.05) is 33.9 Å². The van der Waals surface area contributed by atoms with Crippen LogP contribution in [-0.2, 0) is 12.6 Å². The van der Waals surface area contributed by atoms with Crippen molar-refractivity contribution in [3.05, 3.63) is 47.1 Å². The zero-order valence-corrected chi connectivity index (χ0v) is 20.5. The van der Waals surface area contributed by atoms with E-state index in [2.05, 4.69) is 42.8 Å². The van der Waals surface area contributed by atoms with Gasteiger partial charge in [0.1, 0.15) is 12.4 Å². The molecule has 0 unspecified atom stereocenters. The highest BCUT2D eigenvalue weighted by atomic mass is 16.5. The van der Waals surface area contributed by atoms with Gasteiger partial charge < -0.3 is 14.4 Å². The third-order valence-corrected chi connectivity index (χ3v) is 6.88. The van der Waals surface area contributed by atoms with Crippen LogP contribution in [0, 0.1) is 0 Å². The van der Waals surface area contributed by atoms with E-state index in [1.807, 2.05) is 35.0 Å². The van der Waals surface area contributed by atoms with Gasteiger partial charge in [-0.15, -0.1) is 0 Å². The number of pyridine rings is 2. The van der Waals surface area contributed by atoms with E-state index < -0.39 is 5.54 Å². The molecule has 0 saturated carbocycles. The summed E-state index contributed by atoms with van der Waals surface area (Å²) in [6, 6.07) is 7.90. The number of benzene rings is 1. The summed E-state index contributed by atoms with van der Waals surface area (Å²) in [4.78, 5) is 24.6. The van der Waals surface area contributed by atoms with E-state index in [4.69, 9.17) is 9.47 Å². The van der Waals surface area contributed by atoms with Gasteiger partial charge in [-0.1, -0.05) is 6.92 Å². The zero-order chi connectivity index (χ0) is 24.0. The van der Waals surface area contributed by atoms with Gasteiger partial charge in [-0.2, -0.15) is 0 Å². The zero-order valence-electron chi connectivity index (χ0n) is 20.5. The second-order valence-corrected chi connectivity index (χ2v) is 9.53. The van der Waals surface area contributed by atoms with Crippen molar-refractivity contribution in [1.82, 2.24) is 24.0 Å². The Morgan fingerprint density at radius 3 is 2.71 bits per heavy atom. The van der Waals surface area contributed by atoms with Crippen LogP contribution in [0.15, 0.2) is 41.5 Å². The summed E-state index contributed by atoms with van der Waals surface area (Å²) < 4.78 is 15.9. The highest BCUT2D eigenvalue weighted by Crippen LogP contribution is 2.43. The topological polar surface area (TPSA) is 74.4 Å². The van der Waals surface area contributed by atoms with Crippen LogP contribution in [-0.4, -0.2) is 57.9 Å². The molecule has 0 N–H and O–H groups in total. The van der Waals surface area contributed by atoms with Crippen molar-refractivity contribution in [3.63, 3.8) is 0 Å². The van der Waals surface area contributed by atoms with Gasteiger partial charge in [0.05, 0.1) is 40.3 Å². The minimum Gasteiger partial charge on any atom is -0.490 e. The first-order valence-electron chi connectivity index (χ1n) is 11.7. The van der Waals surface area contributed by atoms with Crippen LogP contribution in [0.4, 0.5) is 0 Å². The van der Waals surface area contributed by atoms with Crippen molar-refractivity contribution < 1.29 is 9.47 Å². The first-order chi connectivity index (χ1) is 16.3. The monoisotopic (exact) mass is 461 g/mol. The van der Waals surface area contributed by atoms with Crippen LogP contribution >= 0.6 is 0 Å². The highest BCUT2D eigenvalue weighted by Gasteiger charge is 2.35. The second-order valence-electron chi connectivity index (χ2n) is 9.53. The average molecular weight is 462 g/mol. The fourth-order valence-electron chi connectivity index (χ4n) is 4.66. The average Bonchev–Trinajstić information content (AvgIpc) is 3.01. The molecule has 0 fully saturated rings. The van der Waals surface area contributed by atoms with E-state index in [1.165, 1.54) is 0 Å². The van der Waals surface area contributed by atoms with Crippen molar-refractivity contribution in [3.8, 4) is 22.8 Å². The lowest BCUT2D eigenvalue weighted by Crippen LogP contribution is -2.42. The quantitative estimate of drug-likeness (QED) is 0.390. The fourth-order valence-corrected chi connectivity index (χ4v) is 4.66. The number of hydrogen-bond acceptors (Lipinski definition) is 6. The van der Waals surface area contributed by atoms with Crippen LogP contribution in [0.3, 0.4) is 0 Å². The molecule has 0 spiro atoms. The summed E-state index contributed by atoms with van der Waals surface area (Å²) in [5.74, 6) is 1.35. The fraction of sp³-hybridized carbons (Fsp3) is 0.423. The van der Waals surface area contributed by atoms with Crippen LogP contribution in [0.2, 0.25) is 0 Å². The van der Waals surface area contributed by atoms with Crippen LogP contribution in [0.25, 0.3) is 33.1 Å². The molecule has 1 aliphatic rings. The molecule has 1 aliphatic heterocycles. The van der Waals surface area contributed by atoms with E-state index in [-0.39, 0.29) is 5.69 Å². The first-order valence-corrected chi connectivity index (χ1v) is 11.7. The molecule has 0 radical (unpaired) electrons. The van der Waals surface area contributed by atoms with E-state index >= 15 is 0 Å². The predicted molar refractivity (Wildman–Crippen MR) is 134 cm³/mol. The van der Waals surface area contributed by atoms with Gasteiger partial charge in [-0.3, -0.25) is 14.1 Å². The molecule has 178 valence electrons. The Morgan fingerprint density at radius 2 is 2.00 bits per heavy atom. The molecule has 0 saturated heterocycles. The Labute approximate surface area is 198 Å². The summed E-state index contributed by atoms with van der Waals surface area (Å²) in [6.07, 6.45) is 5.31. The van der Waals surface area contributed by atoms with Gasteiger partial charge in [0.15, 0.2) is 0 Å². The maximum absolute atomic E-state index is 13.3. The molecule has 3 aromatic heterocycles. The number of rotatable bonds is 7. The Balaban J connectivity index is 1.61. The minimum atomic E-state index is -0.469. The summed E-state index contributed by atoms with van der Waals surface area (Å²) in [5.41, 5.74) is 3.83. The third kappa shape index (κ3) is 3.53. The second kappa shape index (κ2) is 8.43. The summed E-state index contributed by atoms with van der Waals surface area (Å²) in [7, 11) is 5.90. The molecule has 8 heteroatoms. The lowest BCUT2D eigenvalue weighted by atomic mass is 9.99. The Bertz CT molecular complexity index is 1420. The molecule has 0 amide bonds. The van der Waals surface area contributed by atoms with Crippen molar-refractivity contribution >= 4 is 21.9 Å². The molecular weight excluding hydrogens is 430 g/mol. The normalized spacial score (nSPS) is 17.5. The van der Waals surface area contributed by atoms with E-state index in [0.717, 1.165) is 58.2 Å². The largest absolute Gasteiger partial charge is 0.490 e. The number of nitrogens with zero attached hydrogens (tertiary/aromatic N) is 5. The smallest absolute Gasteiger partial charge is 0.329 e. The number of hydrogen-bond donors (Lipinski definition) is 0. The molecule has 8 nitrogen and oxygen atoms in total. The number of ether oxygens (including phenoxy) is 2. The SMILES string of the molecule is CC[C@]1(C)COc2c(-c3ccc(OCCCN(C)C)nc3)ccc3ncc4c(c23)n1c(=O)n4C. The van der Waals surface area contributed by atoms with Crippen LogP contribution in [0.1, 0.15) is 26.7 Å². The number of aromatic nitrogens is 4. The number of aryl methyl sites for hydroxylation is 1. The van der Waals surface area contributed by atoms with Crippen molar-refractivity contribution in [1.29, 1.82) is 0 Å². The first kappa shape index (κ1) is 22.4. The van der Waals surface area contributed by atoms with Gasteiger partial charge >= 0.3 is 5.69 Å². The van der Waals surface area contributed by atoms with Crippen molar-refractivity contribution in [2.24, 2.45) is 7.05 Å². The maximum atomic E-state index is 13.3. The van der Waals surface area contributed by atoms with Gasteiger partial charge in [0.2, 0.25) is 5.88 Å². The van der Waals surface area contributed by atoms with Gasteiger partial charge in [-0.05, 0) is 52.1 Å². The lowest BCUT2D eigenvalue weighted by molar-refractivity contribution is 0.167. The maximum Gasteiger partial charge on any atom is 0.329 e. The molecule has 1 aromatic carbocycles. The molecule has 4 heterocycles. The third-order valence-electron chi connectivity index (χ3n) is 6.88. The molecule has 5 rings (SSSR count). The lowest BCUT2D eigenvalue weighted by Gasteiger charge is -2.28. The predicted octanol–water partition coefficient (Wildman–Crippen LogP) is 3.80. The van der Waals surface area contributed by atoms with Gasteiger partial charge in [0, 0.05) is 37.0 Å². The standard InChI is InChI=1S/C26H31N5O3/c1-6-26(2)16-34-24-18(17-8-11-21(28-14-17)33-13-7-12-29(3)4)9-10-19-22(24)23-20(15-27-19)30(5)25(32)31(23)26/h8-11,14-15H,6-7,12-13,16H2,1-5H3/t26-/m1/s1. The molecule has 4 aromatic rings. The van der Waals surface area contributed by atoms with Gasteiger partial charge in [-0.25, -0.2) is 9.78 Å². The minimum absolute atomic E-state index is 0.0482. The Morgan fingerprint density at radius 1 is 1.18 bits per heavy atom. The van der Waals surface area contributed by atoms with E-state index in [1.54, 1.807) is 17.8 Å². The van der Waals surface area contributed by atoms with Crippen LogP contribution in [0.5, 0.6) is 11.6 Å². The summed E-state index contributed by atoms with van der Waals surface area (Å²) >= 11 is 0. The number of imidazole rings is 1. The Hall–Kier alpha value is -3.39. The molecular formula is C26H31N5O3. The molecule has 1 atom stereocenters. The summed E-state index contributed by atoms with van der Waals surface area (Å²) in [5, 5.41) is 0.869. The molecule has 0 aliphatic carbocycles. The summed E-state index contributed by atoms with van der Waals surface area (Å²) in [6.45, 7) is 6.16. The van der Waals surface area contributed by atoms with E-state index in [0.29, 0.717) is 19.1 Å². The van der Waals surface area contributed by atoms with E-state index in [9.17, 15) is 4.79 Å². The molecule has 34 heavy (non-hydrogen) atoms. The molecule has 0 bridgehead atoms.